The predicted molar refractivity (Wildman–Crippen MR) is 68.6 cm³/mol. The number of hydrogen-bond acceptors (Lipinski definition) is 4. The molecule has 1 aliphatic heterocycles. The van der Waals surface area contributed by atoms with Crippen molar-refractivity contribution in [3.05, 3.63) is 39.7 Å². The molecule has 0 unspecified atom stereocenters. The monoisotopic (exact) mass is 268 g/mol. The molecule has 1 aromatic carbocycles. The molecule has 1 fully saturated rings. The van der Waals surface area contributed by atoms with Crippen molar-refractivity contribution in [3.63, 3.8) is 0 Å². The third-order valence-corrected chi connectivity index (χ3v) is 3.30. The van der Waals surface area contributed by atoms with Gasteiger partial charge in [-0.2, -0.15) is 0 Å². The number of nitrogens with zero attached hydrogens (tertiary/aromatic N) is 2. The molecule has 19 heavy (non-hydrogen) atoms. The van der Waals surface area contributed by atoms with Crippen molar-refractivity contribution in [3.8, 4) is 0 Å². The molecule has 5 nitrogen and oxygen atoms in total. The second-order valence-corrected chi connectivity index (χ2v) is 4.55. The fourth-order valence-corrected chi connectivity index (χ4v) is 2.27. The largest absolute Gasteiger partial charge is 0.379 e. The second-order valence-electron chi connectivity index (χ2n) is 4.55. The topological polar surface area (TPSA) is 55.6 Å². The first-order chi connectivity index (χ1) is 9.18. The Morgan fingerprint density at radius 1 is 1.37 bits per heavy atom. The molecule has 0 amide bonds. The van der Waals surface area contributed by atoms with Gasteiger partial charge in [0.15, 0.2) is 0 Å². The summed E-state index contributed by atoms with van der Waals surface area (Å²) in [5.41, 5.74) is 0.0859. The van der Waals surface area contributed by atoms with Crippen LogP contribution in [-0.4, -0.2) is 42.7 Å². The molecule has 0 aliphatic carbocycles. The molecule has 1 aliphatic rings. The smallest absolute Gasteiger partial charge is 0.275 e. The number of morpholine rings is 1. The second kappa shape index (κ2) is 6.58. The van der Waals surface area contributed by atoms with Crippen molar-refractivity contribution in [2.24, 2.45) is 0 Å². The normalized spacial score (nSPS) is 16.5. The van der Waals surface area contributed by atoms with E-state index in [9.17, 15) is 14.5 Å². The number of benzene rings is 1. The summed E-state index contributed by atoms with van der Waals surface area (Å²) >= 11 is 0. The highest BCUT2D eigenvalue weighted by Gasteiger charge is 2.18. The van der Waals surface area contributed by atoms with Crippen molar-refractivity contribution in [1.82, 2.24) is 4.90 Å². The first-order valence-corrected chi connectivity index (χ1v) is 6.40. The van der Waals surface area contributed by atoms with Crippen LogP contribution in [0.3, 0.4) is 0 Å². The van der Waals surface area contributed by atoms with Gasteiger partial charge in [0.05, 0.1) is 23.7 Å². The maximum absolute atomic E-state index is 13.6. The third-order valence-electron chi connectivity index (χ3n) is 3.30. The summed E-state index contributed by atoms with van der Waals surface area (Å²) in [4.78, 5) is 12.6. The Balaban J connectivity index is 1.93. The van der Waals surface area contributed by atoms with Crippen LogP contribution in [0.15, 0.2) is 18.2 Å². The molecule has 1 aromatic rings. The van der Waals surface area contributed by atoms with Gasteiger partial charge in [-0.05, 0) is 25.5 Å². The van der Waals surface area contributed by atoms with E-state index in [4.69, 9.17) is 4.74 Å². The molecule has 2 rings (SSSR count). The first kappa shape index (κ1) is 13.9. The fraction of sp³-hybridized carbons (Fsp3) is 0.538. The minimum Gasteiger partial charge on any atom is -0.379 e. The van der Waals surface area contributed by atoms with E-state index in [1.54, 1.807) is 0 Å². The average Bonchev–Trinajstić information content (AvgIpc) is 2.41. The van der Waals surface area contributed by atoms with Crippen LogP contribution >= 0.6 is 0 Å². The number of halogens is 1. The van der Waals surface area contributed by atoms with E-state index in [0.29, 0.717) is 12.8 Å². The fourth-order valence-electron chi connectivity index (χ4n) is 2.27. The van der Waals surface area contributed by atoms with Gasteiger partial charge in [0.2, 0.25) is 0 Å². The number of nitro groups is 1. The summed E-state index contributed by atoms with van der Waals surface area (Å²) in [6, 6.07) is 4.00. The van der Waals surface area contributed by atoms with E-state index in [1.165, 1.54) is 18.2 Å². The molecular formula is C13H17FN2O3. The summed E-state index contributed by atoms with van der Waals surface area (Å²) < 4.78 is 18.9. The van der Waals surface area contributed by atoms with Crippen LogP contribution in [0.4, 0.5) is 10.1 Å². The summed E-state index contributed by atoms with van der Waals surface area (Å²) in [6.07, 6.45) is 1.10. The van der Waals surface area contributed by atoms with E-state index >= 15 is 0 Å². The van der Waals surface area contributed by atoms with Gasteiger partial charge in [-0.3, -0.25) is 15.0 Å². The van der Waals surface area contributed by atoms with Crippen LogP contribution < -0.4 is 0 Å². The van der Waals surface area contributed by atoms with Crippen molar-refractivity contribution in [2.45, 2.75) is 12.8 Å². The van der Waals surface area contributed by atoms with Crippen LogP contribution in [0.1, 0.15) is 12.0 Å². The zero-order valence-corrected chi connectivity index (χ0v) is 10.7. The van der Waals surface area contributed by atoms with Gasteiger partial charge in [-0.25, -0.2) is 4.39 Å². The van der Waals surface area contributed by atoms with Gasteiger partial charge in [0.25, 0.3) is 5.69 Å². The first-order valence-electron chi connectivity index (χ1n) is 6.40. The van der Waals surface area contributed by atoms with E-state index < -0.39 is 10.7 Å². The zero-order valence-electron chi connectivity index (χ0n) is 10.7. The average molecular weight is 268 g/mol. The lowest BCUT2D eigenvalue weighted by Gasteiger charge is -2.26. The Morgan fingerprint density at radius 3 is 2.79 bits per heavy atom. The van der Waals surface area contributed by atoms with Gasteiger partial charge >= 0.3 is 0 Å². The lowest BCUT2D eigenvalue weighted by Crippen LogP contribution is -2.37. The van der Waals surface area contributed by atoms with Crippen LogP contribution in [0.25, 0.3) is 0 Å². The van der Waals surface area contributed by atoms with Crippen LogP contribution in [-0.2, 0) is 11.2 Å². The Labute approximate surface area is 111 Å². The molecule has 0 aromatic heterocycles. The number of nitro benzene ring substituents is 1. The summed E-state index contributed by atoms with van der Waals surface area (Å²) in [5, 5.41) is 10.9. The Hall–Kier alpha value is -1.53. The molecule has 104 valence electrons. The van der Waals surface area contributed by atoms with Crippen molar-refractivity contribution >= 4 is 5.69 Å². The lowest BCUT2D eigenvalue weighted by molar-refractivity contribution is -0.385. The van der Waals surface area contributed by atoms with Crippen LogP contribution in [0.5, 0.6) is 0 Å². The molecule has 0 N–H and O–H groups in total. The molecular weight excluding hydrogens is 251 g/mol. The highest BCUT2D eigenvalue weighted by molar-refractivity contribution is 5.40. The highest BCUT2D eigenvalue weighted by Crippen LogP contribution is 2.22. The molecule has 0 bridgehead atoms. The Kier molecular flexibility index (Phi) is 4.81. The van der Waals surface area contributed by atoms with Crippen LogP contribution in [0.2, 0.25) is 0 Å². The number of hydrogen-bond donors (Lipinski definition) is 0. The lowest BCUT2D eigenvalue weighted by atomic mass is 10.1. The maximum Gasteiger partial charge on any atom is 0.275 e. The molecule has 0 spiro atoms. The molecule has 0 radical (unpaired) electrons. The number of ether oxygens (including phenoxy) is 1. The van der Waals surface area contributed by atoms with E-state index in [0.717, 1.165) is 32.8 Å². The van der Waals surface area contributed by atoms with Gasteiger partial charge in [-0.1, -0.05) is 6.07 Å². The van der Waals surface area contributed by atoms with Crippen LogP contribution in [0, 0.1) is 15.9 Å². The van der Waals surface area contributed by atoms with Gasteiger partial charge in [-0.15, -0.1) is 0 Å². The Bertz CT molecular complexity index is 448. The highest BCUT2D eigenvalue weighted by atomic mass is 19.1. The van der Waals surface area contributed by atoms with Gasteiger partial charge in [0.1, 0.15) is 5.82 Å². The summed E-state index contributed by atoms with van der Waals surface area (Å²) in [7, 11) is 0. The molecule has 1 saturated heterocycles. The molecule has 6 heteroatoms. The third kappa shape index (κ3) is 3.71. The quantitative estimate of drug-likeness (QED) is 0.605. The van der Waals surface area contributed by atoms with Crippen molar-refractivity contribution in [2.75, 3.05) is 32.8 Å². The summed E-state index contributed by atoms with van der Waals surface area (Å²) in [6.45, 7) is 4.01. The zero-order chi connectivity index (χ0) is 13.7. The van der Waals surface area contributed by atoms with Gasteiger partial charge in [0, 0.05) is 19.2 Å². The maximum atomic E-state index is 13.6. The van der Waals surface area contributed by atoms with Crippen molar-refractivity contribution < 1.29 is 14.1 Å². The van der Waals surface area contributed by atoms with E-state index in [2.05, 4.69) is 4.90 Å². The molecule has 0 atom stereocenters. The standard InChI is InChI=1S/C13H17FN2O3/c14-12-4-1-5-13(16(17)18)11(12)3-2-6-15-7-9-19-10-8-15/h1,4-5H,2-3,6-10H2. The SMILES string of the molecule is O=[N+]([O-])c1cccc(F)c1CCCN1CCOCC1. The molecule has 1 heterocycles. The minimum absolute atomic E-state index is 0.123. The Morgan fingerprint density at radius 2 is 2.11 bits per heavy atom. The molecule has 0 saturated carbocycles. The minimum atomic E-state index is -0.521. The van der Waals surface area contributed by atoms with Gasteiger partial charge < -0.3 is 4.74 Å². The number of rotatable bonds is 5. The summed E-state index contributed by atoms with van der Waals surface area (Å²) in [5.74, 6) is -0.490. The van der Waals surface area contributed by atoms with Crippen molar-refractivity contribution in [1.29, 1.82) is 0 Å². The van der Waals surface area contributed by atoms with E-state index in [1.807, 2.05) is 0 Å². The van der Waals surface area contributed by atoms with E-state index in [-0.39, 0.29) is 11.3 Å². The predicted octanol–water partition coefficient (Wildman–Crippen LogP) is 2.00.